The molecule has 26 heavy (non-hydrogen) atoms. The minimum absolute atomic E-state index is 0.130. The molecule has 0 fully saturated rings. The molecule has 5 nitrogen and oxygen atoms in total. The summed E-state index contributed by atoms with van der Waals surface area (Å²) >= 11 is 0. The van der Waals surface area contributed by atoms with Crippen LogP contribution in [0.3, 0.4) is 0 Å². The van der Waals surface area contributed by atoms with Gasteiger partial charge in [-0.1, -0.05) is 12.1 Å². The van der Waals surface area contributed by atoms with Crippen molar-refractivity contribution in [2.24, 2.45) is 0 Å². The van der Waals surface area contributed by atoms with Gasteiger partial charge in [-0.2, -0.15) is 0 Å². The molecule has 1 aromatic heterocycles. The number of hydrogen-bond donors (Lipinski definition) is 1. The minimum atomic E-state index is -3.27. The van der Waals surface area contributed by atoms with Crippen molar-refractivity contribution in [3.05, 3.63) is 65.2 Å². The summed E-state index contributed by atoms with van der Waals surface area (Å²) in [6, 6.07) is 10.1. The first-order valence-corrected chi connectivity index (χ1v) is 9.85. The molecule has 1 atom stereocenters. The van der Waals surface area contributed by atoms with Crippen LogP contribution in [-0.2, 0) is 9.84 Å². The van der Waals surface area contributed by atoms with Gasteiger partial charge in [0, 0.05) is 17.2 Å². The summed E-state index contributed by atoms with van der Waals surface area (Å²) in [7, 11) is -3.27. The molecular formula is C19H18FNO4S. The van der Waals surface area contributed by atoms with Crippen molar-refractivity contribution in [3.63, 3.8) is 0 Å². The van der Waals surface area contributed by atoms with Gasteiger partial charge in [-0.05, 0) is 49.7 Å². The third-order valence-corrected chi connectivity index (χ3v) is 5.39. The largest absolute Gasteiger partial charge is 0.451 e. The minimum Gasteiger partial charge on any atom is -0.451 e. The lowest BCUT2D eigenvalue weighted by atomic mass is 10.1. The predicted octanol–water partition coefficient (Wildman–Crippen LogP) is 3.77. The van der Waals surface area contributed by atoms with Crippen molar-refractivity contribution >= 4 is 26.7 Å². The summed E-state index contributed by atoms with van der Waals surface area (Å²) in [5.74, 6) is -0.684. The highest BCUT2D eigenvalue weighted by molar-refractivity contribution is 7.90. The molecule has 0 bridgehead atoms. The van der Waals surface area contributed by atoms with E-state index in [0.29, 0.717) is 16.5 Å². The maximum Gasteiger partial charge on any atom is 0.287 e. The molecule has 3 rings (SSSR count). The average molecular weight is 375 g/mol. The Kier molecular flexibility index (Phi) is 4.58. The summed E-state index contributed by atoms with van der Waals surface area (Å²) in [5.41, 5.74) is 1.77. The van der Waals surface area contributed by atoms with E-state index in [0.717, 1.165) is 11.8 Å². The normalized spacial score (nSPS) is 12.9. The summed E-state index contributed by atoms with van der Waals surface area (Å²) in [6.07, 6.45) is 1.14. The Balaban J connectivity index is 1.82. The maximum atomic E-state index is 13.4. The number of furan rings is 1. The molecular weight excluding hydrogens is 357 g/mol. The highest BCUT2D eigenvalue weighted by Crippen LogP contribution is 2.26. The van der Waals surface area contributed by atoms with Crippen LogP contribution in [-0.4, -0.2) is 20.6 Å². The molecule has 7 heteroatoms. The number of carbonyl (C=O) groups is 1. The molecule has 0 saturated carbocycles. The maximum absolute atomic E-state index is 13.4. The summed E-state index contributed by atoms with van der Waals surface area (Å²) in [4.78, 5) is 12.8. The SMILES string of the molecule is Cc1c(C(=O)N[C@H](C)c2ccc(S(C)(=O)=O)cc2)oc2ccc(F)cc12. The number of nitrogens with one attached hydrogen (secondary N) is 1. The van der Waals surface area contributed by atoms with E-state index in [1.54, 1.807) is 26.0 Å². The fraction of sp³-hybridized carbons (Fsp3) is 0.211. The first-order chi connectivity index (χ1) is 12.2. The zero-order valence-corrected chi connectivity index (χ0v) is 15.4. The van der Waals surface area contributed by atoms with Gasteiger partial charge >= 0.3 is 0 Å². The first-order valence-electron chi connectivity index (χ1n) is 7.96. The number of halogens is 1. The molecule has 0 aliphatic rings. The Bertz CT molecular complexity index is 1080. The summed E-state index contributed by atoms with van der Waals surface area (Å²) in [6.45, 7) is 3.48. The molecule has 0 saturated heterocycles. The van der Waals surface area contributed by atoms with Crippen LogP contribution in [0.25, 0.3) is 11.0 Å². The lowest BCUT2D eigenvalue weighted by molar-refractivity contribution is 0.0913. The van der Waals surface area contributed by atoms with Gasteiger partial charge in [0.15, 0.2) is 15.6 Å². The number of hydrogen-bond acceptors (Lipinski definition) is 4. The molecule has 1 amide bonds. The Morgan fingerprint density at radius 3 is 2.42 bits per heavy atom. The smallest absolute Gasteiger partial charge is 0.287 e. The number of rotatable bonds is 4. The zero-order valence-electron chi connectivity index (χ0n) is 14.5. The van der Waals surface area contributed by atoms with Gasteiger partial charge < -0.3 is 9.73 Å². The fourth-order valence-electron chi connectivity index (χ4n) is 2.76. The molecule has 2 aromatic carbocycles. The van der Waals surface area contributed by atoms with E-state index in [4.69, 9.17) is 4.42 Å². The van der Waals surface area contributed by atoms with Crippen LogP contribution in [0.15, 0.2) is 51.8 Å². The Labute approximate surface area is 150 Å². The quantitative estimate of drug-likeness (QED) is 0.753. The molecule has 0 unspecified atom stereocenters. The highest BCUT2D eigenvalue weighted by Gasteiger charge is 2.20. The molecule has 0 aliphatic heterocycles. The van der Waals surface area contributed by atoms with E-state index in [1.165, 1.54) is 30.3 Å². The van der Waals surface area contributed by atoms with Crippen molar-refractivity contribution < 1.29 is 22.0 Å². The van der Waals surface area contributed by atoms with Gasteiger partial charge in [0.25, 0.3) is 5.91 Å². The molecule has 3 aromatic rings. The van der Waals surface area contributed by atoms with Gasteiger partial charge in [0.1, 0.15) is 11.4 Å². The summed E-state index contributed by atoms with van der Waals surface area (Å²) in [5, 5.41) is 3.37. The highest BCUT2D eigenvalue weighted by atomic mass is 32.2. The second kappa shape index (κ2) is 6.57. The fourth-order valence-corrected chi connectivity index (χ4v) is 3.39. The van der Waals surface area contributed by atoms with Crippen molar-refractivity contribution in [3.8, 4) is 0 Å². The van der Waals surface area contributed by atoms with E-state index >= 15 is 0 Å². The van der Waals surface area contributed by atoms with Crippen LogP contribution < -0.4 is 5.32 Å². The lowest BCUT2D eigenvalue weighted by Crippen LogP contribution is -2.26. The van der Waals surface area contributed by atoms with Crippen LogP contribution in [0.4, 0.5) is 4.39 Å². The van der Waals surface area contributed by atoms with E-state index in [-0.39, 0.29) is 16.7 Å². The number of sulfone groups is 1. The Morgan fingerprint density at radius 1 is 1.15 bits per heavy atom. The van der Waals surface area contributed by atoms with E-state index in [9.17, 15) is 17.6 Å². The van der Waals surface area contributed by atoms with Crippen LogP contribution in [0, 0.1) is 12.7 Å². The van der Waals surface area contributed by atoms with Crippen molar-refractivity contribution in [1.29, 1.82) is 0 Å². The van der Waals surface area contributed by atoms with Crippen molar-refractivity contribution in [2.75, 3.05) is 6.26 Å². The molecule has 1 N–H and O–H groups in total. The van der Waals surface area contributed by atoms with Crippen LogP contribution >= 0.6 is 0 Å². The van der Waals surface area contributed by atoms with Gasteiger partial charge in [0.2, 0.25) is 0 Å². The number of benzene rings is 2. The topological polar surface area (TPSA) is 76.4 Å². The van der Waals surface area contributed by atoms with E-state index in [1.807, 2.05) is 0 Å². The van der Waals surface area contributed by atoms with Crippen LogP contribution in [0.2, 0.25) is 0 Å². The van der Waals surface area contributed by atoms with Gasteiger partial charge in [-0.25, -0.2) is 12.8 Å². The number of carbonyl (C=O) groups excluding carboxylic acids is 1. The molecule has 0 radical (unpaired) electrons. The molecule has 0 aliphatic carbocycles. The number of amides is 1. The number of fused-ring (bicyclic) bond motifs is 1. The van der Waals surface area contributed by atoms with E-state index < -0.39 is 21.6 Å². The third-order valence-electron chi connectivity index (χ3n) is 4.26. The zero-order chi connectivity index (χ0) is 19.1. The first kappa shape index (κ1) is 18.1. The second-order valence-electron chi connectivity index (χ2n) is 6.23. The summed E-state index contributed by atoms with van der Waals surface area (Å²) < 4.78 is 42.0. The monoisotopic (exact) mass is 375 g/mol. The van der Waals surface area contributed by atoms with Gasteiger partial charge in [0.05, 0.1) is 10.9 Å². The number of aryl methyl sites for hydroxylation is 1. The third kappa shape index (κ3) is 3.48. The second-order valence-corrected chi connectivity index (χ2v) is 8.25. The van der Waals surface area contributed by atoms with Crippen LogP contribution in [0.5, 0.6) is 0 Å². The molecule has 1 heterocycles. The Morgan fingerprint density at radius 2 is 1.81 bits per heavy atom. The van der Waals surface area contributed by atoms with Gasteiger partial charge in [-0.3, -0.25) is 4.79 Å². The average Bonchev–Trinajstić information content (AvgIpc) is 2.91. The van der Waals surface area contributed by atoms with Gasteiger partial charge in [-0.15, -0.1) is 0 Å². The van der Waals surface area contributed by atoms with E-state index in [2.05, 4.69) is 5.32 Å². The van der Waals surface area contributed by atoms with Crippen molar-refractivity contribution in [2.45, 2.75) is 24.8 Å². The predicted molar refractivity (Wildman–Crippen MR) is 96.3 cm³/mol. The Hall–Kier alpha value is -2.67. The standard InChI is InChI=1S/C19H18FNO4S/c1-11-16-10-14(20)6-9-17(16)25-18(11)19(22)21-12(2)13-4-7-15(8-5-13)26(3,23)24/h4-10,12H,1-3H3,(H,21,22)/t12-/m1/s1. The van der Waals surface area contributed by atoms with Crippen LogP contribution in [0.1, 0.15) is 34.6 Å². The molecule has 0 spiro atoms. The molecule has 136 valence electrons. The van der Waals surface area contributed by atoms with Crippen molar-refractivity contribution in [1.82, 2.24) is 5.32 Å². The lowest BCUT2D eigenvalue weighted by Gasteiger charge is -2.14.